The number of nitrogens with one attached hydrogen (secondary N) is 1. The fourth-order valence-electron chi connectivity index (χ4n) is 4.95. The van der Waals surface area contributed by atoms with Crippen LogP contribution in [-0.4, -0.2) is 42.0 Å². The second-order valence-corrected chi connectivity index (χ2v) is 8.10. The lowest BCUT2D eigenvalue weighted by Gasteiger charge is -2.40. The van der Waals surface area contributed by atoms with Crippen molar-refractivity contribution in [3.63, 3.8) is 0 Å². The van der Waals surface area contributed by atoms with Crippen molar-refractivity contribution >= 4 is 23.3 Å². The lowest BCUT2D eigenvalue weighted by Crippen LogP contribution is -2.49. The van der Waals surface area contributed by atoms with Gasteiger partial charge in [0.25, 0.3) is 0 Å². The zero-order valence-corrected chi connectivity index (χ0v) is 16.5. The van der Waals surface area contributed by atoms with E-state index in [0.29, 0.717) is 36.1 Å². The van der Waals surface area contributed by atoms with Crippen LogP contribution in [0.1, 0.15) is 34.3 Å². The van der Waals surface area contributed by atoms with Crippen molar-refractivity contribution in [1.29, 1.82) is 0 Å². The number of carbonyl (C=O) groups is 4. The average molecular weight is 406 g/mol. The lowest BCUT2D eigenvalue weighted by atomic mass is 9.61. The molecule has 7 nitrogen and oxygen atoms in total. The van der Waals surface area contributed by atoms with Crippen LogP contribution in [0.25, 0.3) is 0 Å². The third kappa shape index (κ3) is 3.14. The van der Waals surface area contributed by atoms with Gasteiger partial charge >= 0.3 is 0 Å². The molecule has 1 fully saturated rings. The van der Waals surface area contributed by atoms with Gasteiger partial charge in [-0.2, -0.15) is 0 Å². The topological polar surface area (TPSA) is 127 Å². The van der Waals surface area contributed by atoms with Crippen LogP contribution in [0, 0.1) is 35.5 Å². The summed E-state index contributed by atoms with van der Waals surface area (Å²) in [6, 6.07) is 3.16. The summed E-state index contributed by atoms with van der Waals surface area (Å²) in [7, 11) is 1.79. The Kier molecular flexibility index (Phi) is 5.04. The Morgan fingerprint density at radius 3 is 2.73 bits per heavy atom. The van der Waals surface area contributed by atoms with Crippen molar-refractivity contribution in [2.45, 2.75) is 19.3 Å². The van der Waals surface area contributed by atoms with Crippen molar-refractivity contribution in [3.8, 4) is 17.6 Å². The predicted molar refractivity (Wildman–Crippen MR) is 107 cm³/mol. The van der Waals surface area contributed by atoms with Gasteiger partial charge in [0.05, 0.1) is 12.1 Å². The van der Waals surface area contributed by atoms with E-state index in [4.69, 9.17) is 5.73 Å². The van der Waals surface area contributed by atoms with Crippen LogP contribution >= 0.6 is 0 Å². The largest absolute Gasteiger partial charge is 0.507 e. The van der Waals surface area contributed by atoms with Crippen molar-refractivity contribution in [3.05, 3.63) is 40.5 Å². The minimum atomic E-state index is -1.44. The number of benzene rings is 1. The first-order chi connectivity index (χ1) is 14.3. The summed E-state index contributed by atoms with van der Waals surface area (Å²) < 4.78 is 0. The number of amides is 1. The Balaban J connectivity index is 1.76. The van der Waals surface area contributed by atoms with E-state index in [1.807, 2.05) is 0 Å². The molecule has 0 saturated heterocycles. The molecule has 154 valence electrons. The standard InChI is InChI=1S/C23H22N2O5/c1-25-6-2-3-11-4-5-17(26)19-14(11)8-12-7-13-9-18(27)20(23(24)30)22(29)16(13)10-15(12)21(19)28/h4-5,10,12-13,16,20,25-26H,6-9H2,1H3,(H2,24,30). The van der Waals surface area contributed by atoms with Crippen molar-refractivity contribution in [1.82, 2.24) is 5.32 Å². The zero-order valence-electron chi connectivity index (χ0n) is 16.5. The van der Waals surface area contributed by atoms with E-state index < -0.39 is 29.3 Å². The third-order valence-electron chi connectivity index (χ3n) is 6.30. The molecule has 3 aliphatic carbocycles. The first kappa shape index (κ1) is 20.0. The summed E-state index contributed by atoms with van der Waals surface area (Å²) >= 11 is 0. The molecule has 4 rings (SSSR count). The van der Waals surface area contributed by atoms with Crippen molar-refractivity contribution in [2.24, 2.45) is 29.4 Å². The molecule has 0 aliphatic heterocycles. The molecular formula is C23H22N2O5. The number of fused-ring (bicyclic) bond motifs is 3. The van der Waals surface area contributed by atoms with Crippen LogP contribution in [-0.2, 0) is 20.8 Å². The van der Waals surface area contributed by atoms with Crippen LogP contribution in [0.4, 0.5) is 0 Å². The molecule has 0 spiro atoms. The lowest BCUT2D eigenvalue weighted by molar-refractivity contribution is -0.145. The molecule has 0 aromatic heterocycles. The zero-order chi connectivity index (χ0) is 21.6. The molecule has 30 heavy (non-hydrogen) atoms. The number of Topliss-reactive ketones (excluding diaryl/α,β-unsaturated/α-hetero) is 3. The van der Waals surface area contributed by atoms with E-state index in [0.717, 1.165) is 0 Å². The molecule has 4 atom stereocenters. The number of hydrogen-bond acceptors (Lipinski definition) is 6. The smallest absolute Gasteiger partial charge is 0.235 e. The van der Waals surface area contributed by atoms with Crippen molar-refractivity contribution < 1.29 is 24.3 Å². The van der Waals surface area contributed by atoms with Crippen molar-refractivity contribution in [2.75, 3.05) is 13.6 Å². The van der Waals surface area contributed by atoms with Crippen LogP contribution in [0.2, 0.25) is 0 Å². The second-order valence-electron chi connectivity index (χ2n) is 8.10. The van der Waals surface area contributed by atoms with E-state index >= 15 is 0 Å². The average Bonchev–Trinajstić information content (AvgIpc) is 2.68. The molecular weight excluding hydrogens is 384 g/mol. The normalized spacial score (nSPS) is 27.2. The summed E-state index contributed by atoms with van der Waals surface area (Å²) in [5, 5.41) is 13.3. The number of carbonyl (C=O) groups excluding carboxylic acids is 4. The SMILES string of the molecule is CNCC#Cc1ccc(O)c2c1CC1CC3CC(=O)C(C(N)=O)C(=O)C3C=C1C2=O. The van der Waals surface area contributed by atoms with E-state index in [9.17, 15) is 24.3 Å². The van der Waals surface area contributed by atoms with Crippen LogP contribution in [0.3, 0.4) is 0 Å². The third-order valence-corrected chi connectivity index (χ3v) is 6.30. The highest BCUT2D eigenvalue weighted by Crippen LogP contribution is 2.46. The fraction of sp³-hybridized carbons (Fsp3) is 0.391. The number of hydrogen-bond donors (Lipinski definition) is 3. The maximum absolute atomic E-state index is 13.3. The maximum atomic E-state index is 13.3. The minimum absolute atomic E-state index is 0.0974. The van der Waals surface area contributed by atoms with Gasteiger partial charge < -0.3 is 16.2 Å². The minimum Gasteiger partial charge on any atom is -0.507 e. The van der Waals surface area contributed by atoms with Gasteiger partial charge in [0.15, 0.2) is 23.3 Å². The van der Waals surface area contributed by atoms with Gasteiger partial charge in [0.1, 0.15) is 5.75 Å². The molecule has 1 saturated carbocycles. The Labute approximate surface area is 173 Å². The number of phenolic OH excluding ortho intramolecular Hbond substituents is 1. The summed E-state index contributed by atoms with van der Waals surface area (Å²) in [6.45, 7) is 0.493. The van der Waals surface area contributed by atoms with E-state index in [2.05, 4.69) is 17.2 Å². The molecule has 4 N–H and O–H groups in total. The molecule has 0 radical (unpaired) electrons. The highest BCUT2D eigenvalue weighted by Gasteiger charge is 2.49. The van der Waals surface area contributed by atoms with Gasteiger partial charge in [0.2, 0.25) is 5.91 Å². The molecule has 1 aromatic rings. The van der Waals surface area contributed by atoms with Gasteiger partial charge in [-0.05, 0) is 49.4 Å². The van der Waals surface area contributed by atoms with E-state index in [1.54, 1.807) is 19.2 Å². The molecule has 1 amide bonds. The molecule has 4 unspecified atom stereocenters. The number of primary amides is 1. The summed E-state index contributed by atoms with van der Waals surface area (Å²) in [6.07, 6.45) is 2.69. The summed E-state index contributed by atoms with van der Waals surface area (Å²) in [5.41, 5.74) is 7.34. The summed E-state index contributed by atoms with van der Waals surface area (Å²) in [4.78, 5) is 49.9. The molecule has 0 bridgehead atoms. The molecule has 3 aliphatic rings. The number of nitrogens with two attached hydrogens (primary N) is 1. The first-order valence-electron chi connectivity index (χ1n) is 9.94. The van der Waals surface area contributed by atoms with Crippen LogP contribution < -0.4 is 11.1 Å². The Bertz CT molecular complexity index is 1080. The predicted octanol–water partition coefficient (Wildman–Crippen LogP) is 0.524. The number of rotatable bonds is 2. The van der Waals surface area contributed by atoms with Gasteiger partial charge in [0, 0.05) is 23.5 Å². The van der Waals surface area contributed by atoms with Crippen LogP contribution in [0.5, 0.6) is 5.75 Å². The van der Waals surface area contributed by atoms with E-state index in [-0.39, 0.29) is 35.4 Å². The number of ketones is 3. The Morgan fingerprint density at radius 2 is 2.03 bits per heavy atom. The number of allylic oxidation sites excluding steroid dienone is 2. The van der Waals surface area contributed by atoms with E-state index in [1.165, 1.54) is 6.07 Å². The first-order valence-corrected chi connectivity index (χ1v) is 9.94. The monoisotopic (exact) mass is 406 g/mol. The quantitative estimate of drug-likeness (QED) is 0.486. The second kappa shape index (κ2) is 7.54. The highest BCUT2D eigenvalue weighted by atomic mass is 16.3. The molecule has 7 heteroatoms. The fourth-order valence-corrected chi connectivity index (χ4v) is 4.95. The van der Waals surface area contributed by atoms with Gasteiger partial charge in [-0.25, -0.2) is 0 Å². The van der Waals surface area contributed by atoms with Gasteiger partial charge in [-0.3, -0.25) is 19.2 Å². The number of phenols is 1. The number of aromatic hydroxyl groups is 1. The maximum Gasteiger partial charge on any atom is 0.235 e. The molecule has 1 aromatic carbocycles. The summed E-state index contributed by atoms with van der Waals surface area (Å²) in [5.74, 6) is 1.15. The van der Waals surface area contributed by atoms with Gasteiger partial charge in [-0.1, -0.05) is 17.9 Å². The van der Waals surface area contributed by atoms with Crippen LogP contribution in [0.15, 0.2) is 23.8 Å². The van der Waals surface area contributed by atoms with Gasteiger partial charge in [-0.15, -0.1) is 0 Å². The molecule has 0 heterocycles. The highest BCUT2D eigenvalue weighted by molar-refractivity contribution is 6.21. The Morgan fingerprint density at radius 1 is 1.27 bits per heavy atom. The Hall–Kier alpha value is -3.24.